The fourth-order valence-corrected chi connectivity index (χ4v) is 4.64. The summed E-state index contributed by atoms with van der Waals surface area (Å²) in [5.41, 5.74) is 3.73. The molecular weight excluding hydrogens is 456 g/mol. The molecule has 0 saturated heterocycles. The number of carboxylic acid groups (broad SMARTS) is 1. The highest BCUT2D eigenvalue weighted by atomic mass is 16.6. The number of benzene rings is 2. The summed E-state index contributed by atoms with van der Waals surface area (Å²) in [6.45, 7) is 2.31. The van der Waals surface area contributed by atoms with Crippen LogP contribution in [-0.4, -0.2) is 39.2 Å². The number of hydrogen-bond acceptors (Lipinski definition) is 5. The Labute approximate surface area is 209 Å². The van der Waals surface area contributed by atoms with Crippen molar-refractivity contribution in [3.63, 3.8) is 0 Å². The van der Waals surface area contributed by atoms with Gasteiger partial charge < -0.3 is 9.84 Å². The van der Waals surface area contributed by atoms with E-state index < -0.39 is 23.6 Å². The summed E-state index contributed by atoms with van der Waals surface area (Å²) in [5.74, 6) is -0.236. The number of rotatable bonds is 7. The Kier molecular flexibility index (Phi) is 6.18. The quantitative estimate of drug-likeness (QED) is 0.477. The van der Waals surface area contributed by atoms with Crippen LogP contribution >= 0.6 is 0 Å². The standard InChI is InChI=1S/C28H28N4O4/c1-18(19-6-4-3-5-7-19)36-27(35)31-25-23(17-30-32(25)2)20-8-10-21(11-9-20)24-13-12-22(16-29-24)28(14-15-28)26(33)34/h3-13,17-18,22H,14-16H2,1-2H3,(H,31,35)(H,33,34)/t18-,22?/m1/s1. The van der Waals surface area contributed by atoms with Crippen LogP contribution in [0.15, 0.2) is 77.9 Å². The zero-order valence-corrected chi connectivity index (χ0v) is 20.2. The van der Waals surface area contributed by atoms with Gasteiger partial charge >= 0.3 is 12.1 Å². The number of carboxylic acids is 1. The monoisotopic (exact) mass is 484 g/mol. The lowest BCUT2D eigenvalue weighted by molar-refractivity contribution is -0.144. The second-order valence-electron chi connectivity index (χ2n) is 9.34. The second-order valence-corrected chi connectivity index (χ2v) is 9.34. The minimum atomic E-state index is -0.723. The Bertz CT molecular complexity index is 1340. The molecule has 5 rings (SSSR count). The lowest BCUT2D eigenvalue weighted by atomic mass is 9.86. The van der Waals surface area contributed by atoms with Gasteiger partial charge in [-0.1, -0.05) is 60.7 Å². The van der Waals surface area contributed by atoms with E-state index in [2.05, 4.69) is 15.4 Å². The summed E-state index contributed by atoms with van der Waals surface area (Å²) in [6, 6.07) is 17.4. The lowest BCUT2D eigenvalue weighted by Crippen LogP contribution is -2.28. The van der Waals surface area contributed by atoms with Gasteiger partial charge in [0.05, 0.1) is 17.3 Å². The number of aryl methyl sites for hydroxylation is 1. The molecule has 8 heteroatoms. The van der Waals surface area contributed by atoms with Crippen LogP contribution in [0, 0.1) is 11.3 Å². The summed E-state index contributed by atoms with van der Waals surface area (Å²) in [6.07, 6.45) is 6.11. The van der Waals surface area contributed by atoms with Gasteiger partial charge in [0, 0.05) is 25.1 Å². The van der Waals surface area contributed by atoms with E-state index >= 15 is 0 Å². The van der Waals surface area contributed by atoms with Gasteiger partial charge in [-0.25, -0.2) is 4.79 Å². The molecule has 0 spiro atoms. The number of dihydropyridines is 1. The molecule has 1 fully saturated rings. The first kappa shape index (κ1) is 23.5. The van der Waals surface area contributed by atoms with Crippen molar-refractivity contribution in [2.45, 2.75) is 25.9 Å². The van der Waals surface area contributed by atoms with E-state index in [4.69, 9.17) is 4.74 Å². The molecular formula is C28H28N4O4. The molecule has 1 aliphatic carbocycles. The number of hydrogen-bond donors (Lipinski definition) is 2. The second kappa shape index (κ2) is 9.45. The number of aliphatic imine (C=N–C) groups is 1. The molecule has 2 N–H and O–H groups in total. The zero-order chi connectivity index (χ0) is 25.3. The number of amides is 1. The fraction of sp³-hybridized carbons (Fsp3) is 0.286. The maximum absolute atomic E-state index is 12.6. The minimum Gasteiger partial charge on any atom is -0.481 e. The highest BCUT2D eigenvalue weighted by Crippen LogP contribution is 2.53. The fourth-order valence-electron chi connectivity index (χ4n) is 4.64. The van der Waals surface area contributed by atoms with Crippen molar-refractivity contribution in [3.8, 4) is 11.1 Å². The van der Waals surface area contributed by atoms with Gasteiger partial charge in [-0.2, -0.15) is 5.10 Å². The molecule has 36 heavy (non-hydrogen) atoms. The van der Waals surface area contributed by atoms with Crippen LogP contribution in [-0.2, 0) is 16.6 Å². The van der Waals surface area contributed by atoms with Gasteiger partial charge in [0.25, 0.3) is 0 Å². The largest absolute Gasteiger partial charge is 0.481 e. The Hall–Kier alpha value is -4.20. The van der Waals surface area contributed by atoms with E-state index in [-0.39, 0.29) is 5.92 Å². The van der Waals surface area contributed by atoms with Crippen LogP contribution in [0.1, 0.15) is 37.0 Å². The number of nitrogens with one attached hydrogen (secondary N) is 1. The van der Waals surface area contributed by atoms with Crippen molar-refractivity contribution in [3.05, 3.63) is 84.1 Å². The Morgan fingerprint density at radius 3 is 2.42 bits per heavy atom. The van der Waals surface area contributed by atoms with Crippen molar-refractivity contribution in [1.29, 1.82) is 0 Å². The van der Waals surface area contributed by atoms with Crippen molar-refractivity contribution >= 4 is 23.6 Å². The van der Waals surface area contributed by atoms with E-state index in [0.29, 0.717) is 12.4 Å². The molecule has 1 saturated carbocycles. The van der Waals surface area contributed by atoms with E-state index in [1.807, 2.05) is 73.7 Å². The van der Waals surface area contributed by atoms with Crippen LogP contribution in [0.2, 0.25) is 0 Å². The van der Waals surface area contributed by atoms with E-state index in [0.717, 1.165) is 40.8 Å². The highest BCUT2D eigenvalue weighted by Gasteiger charge is 2.55. The van der Waals surface area contributed by atoms with Crippen molar-refractivity contribution in [2.24, 2.45) is 23.4 Å². The van der Waals surface area contributed by atoms with Crippen LogP contribution < -0.4 is 5.32 Å². The van der Waals surface area contributed by atoms with E-state index in [9.17, 15) is 14.7 Å². The molecule has 1 unspecified atom stereocenters. The summed E-state index contributed by atoms with van der Waals surface area (Å²) in [5, 5.41) is 16.7. The normalized spacial score (nSPS) is 18.7. The van der Waals surface area contributed by atoms with Crippen molar-refractivity contribution in [1.82, 2.24) is 9.78 Å². The van der Waals surface area contributed by atoms with Gasteiger partial charge in [-0.3, -0.25) is 19.8 Å². The first-order valence-electron chi connectivity index (χ1n) is 12.0. The molecule has 2 heterocycles. The lowest BCUT2D eigenvalue weighted by Gasteiger charge is -2.21. The number of carbonyl (C=O) groups is 2. The van der Waals surface area contributed by atoms with Gasteiger partial charge in [-0.05, 0) is 42.5 Å². The predicted molar refractivity (Wildman–Crippen MR) is 137 cm³/mol. The molecule has 8 nitrogen and oxygen atoms in total. The topological polar surface area (TPSA) is 106 Å². The maximum Gasteiger partial charge on any atom is 0.413 e. The smallest absolute Gasteiger partial charge is 0.413 e. The third-order valence-electron chi connectivity index (χ3n) is 7.07. The molecule has 184 valence electrons. The number of nitrogens with zero attached hydrogens (tertiary/aromatic N) is 3. The minimum absolute atomic E-state index is 0.0496. The van der Waals surface area contributed by atoms with Crippen LogP contribution in [0.4, 0.5) is 10.6 Å². The summed E-state index contributed by atoms with van der Waals surface area (Å²) < 4.78 is 7.15. The number of aliphatic carboxylic acids is 1. The summed E-state index contributed by atoms with van der Waals surface area (Å²) in [4.78, 5) is 28.9. The summed E-state index contributed by atoms with van der Waals surface area (Å²) in [7, 11) is 1.76. The van der Waals surface area contributed by atoms with Gasteiger partial charge in [-0.15, -0.1) is 0 Å². The third kappa shape index (κ3) is 4.54. The molecule has 0 radical (unpaired) electrons. The predicted octanol–water partition coefficient (Wildman–Crippen LogP) is 5.24. The van der Waals surface area contributed by atoms with Crippen LogP contribution in [0.25, 0.3) is 11.1 Å². The highest BCUT2D eigenvalue weighted by molar-refractivity contribution is 6.09. The number of anilines is 1. The molecule has 0 bridgehead atoms. The molecule has 2 aliphatic rings. The maximum atomic E-state index is 12.6. The molecule has 1 amide bonds. The van der Waals surface area contributed by atoms with Crippen molar-refractivity contribution in [2.75, 3.05) is 11.9 Å². The van der Waals surface area contributed by atoms with Gasteiger partial charge in [0.15, 0.2) is 0 Å². The number of allylic oxidation sites excluding steroid dienone is 1. The Morgan fingerprint density at radius 1 is 1.11 bits per heavy atom. The SMILES string of the molecule is C[C@@H](OC(=O)Nc1c(-c2ccc(C3=NCC(C4(C(=O)O)CC4)C=C3)cc2)cnn1C)c1ccccc1. The first-order valence-corrected chi connectivity index (χ1v) is 12.0. The Balaban J connectivity index is 1.27. The van der Waals surface area contributed by atoms with Gasteiger partial charge in [0.1, 0.15) is 11.9 Å². The number of ether oxygens (including phenoxy) is 1. The summed E-state index contributed by atoms with van der Waals surface area (Å²) >= 11 is 0. The molecule has 2 atom stereocenters. The number of aromatic nitrogens is 2. The van der Waals surface area contributed by atoms with Crippen molar-refractivity contribution < 1.29 is 19.4 Å². The first-order chi connectivity index (χ1) is 17.4. The molecule has 3 aromatic rings. The Morgan fingerprint density at radius 2 is 1.81 bits per heavy atom. The number of carbonyl (C=O) groups excluding carboxylic acids is 1. The average molecular weight is 485 g/mol. The third-order valence-corrected chi connectivity index (χ3v) is 7.07. The zero-order valence-electron chi connectivity index (χ0n) is 20.2. The van der Waals surface area contributed by atoms with Crippen LogP contribution in [0.3, 0.4) is 0 Å². The van der Waals surface area contributed by atoms with Crippen LogP contribution in [0.5, 0.6) is 0 Å². The molecule has 1 aliphatic heterocycles. The van der Waals surface area contributed by atoms with Gasteiger partial charge in [0.2, 0.25) is 0 Å². The average Bonchev–Trinajstić information content (AvgIpc) is 3.64. The molecule has 1 aromatic heterocycles. The van der Waals surface area contributed by atoms with E-state index in [1.165, 1.54) is 0 Å². The van der Waals surface area contributed by atoms with E-state index in [1.54, 1.807) is 17.9 Å². The molecule has 2 aromatic carbocycles.